The number of nitrogens with one attached hydrogen (secondary N) is 1. The molecule has 0 aliphatic heterocycles. The van der Waals surface area contributed by atoms with E-state index in [4.69, 9.17) is 11.6 Å². The topological polar surface area (TPSA) is 54.9 Å². The number of amides is 1. The van der Waals surface area contributed by atoms with Crippen LogP contribution in [0.2, 0.25) is 5.02 Å². The van der Waals surface area contributed by atoms with E-state index in [2.05, 4.69) is 15.3 Å². The summed E-state index contributed by atoms with van der Waals surface area (Å²) in [4.78, 5) is 21.4. The Morgan fingerprint density at radius 3 is 2.42 bits per heavy atom. The van der Waals surface area contributed by atoms with E-state index in [1.807, 2.05) is 48.5 Å². The van der Waals surface area contributed by atoms with Crippen LogP contribution < -0.4 is 5.32 Å². The highest BCUT2D eigenvalue weighted by Crippen LogP contribution is 2.30. The molecule has 4 rings (SSSR count). The highest BCUT2D eigenvalue weighted by Gasteiger charge is 2.11. The van der Waals surface area contributed by atoms with E-state index >= 15 is 0 Å². The molecule has 1 N–H and O–H groups in total. The molecule has 1 heterocycles. The number of rotatable bonds is 3. The fraction of sp³-hybridized carbons (Fsp3) is 0. The van der Waals surface area contributed by atoms with Crippen LogP contribution in [0.4, 0.5) is 5.69 Å². The molecular formula is C21H14ClN3O. The number of hydrogen-bond donors (Lipinski definition) is 1. The zero-order chi connectivity index (χ0) is 17.9. The molecule has 0 saturated carbocycles. The molecule has 4 aromatic rings. The van der Waals surface area contributed by atoms with E-state index < -0.39 is 0 Å². The summed E-state index contributed by atoms with van der Waals surface area (Å²) in [5, 5.41) is 3.44. The lowest BCUT2D eigenvalue weighted by Gasteiger charge is -2.09. The number of hydrogen-bond acceptors (Lipinski definition) is 3. The summed E-state index contributed by atoms with van der Waals surface area (Å²) in [6.07, 6.45) is 1.69. The molecule has 0 saturated heterocycles. The van der Waals surface area contributed by atoms with Crippen LogP contribution in [-0.2, 0) is 0 Å². The maximum atomic E-state index is 12.3. The summed E-state index contributed by atoms with van der Waals surface area (Å²) in [7, 11) is 0. The Morgan fingerprint density at radius 2 is 1.62 bits per heavy atom. The number of fused-ring (bicyclic) bond motifs is 1. The van der Waals surface area contributed by atoms with E-state index in [1.165, 1.54) is 0 Å². The Kier molecular flexibility index (Phi) is 4.33. The predicted octanol–water partition coefficient (Wildman–Crippen LogP) is 5.20. The van der Waals surface area contributed by atoms with Gasteiger partial charge in [0.2, 0.25) is 0 Å². The van der Waals surface area contributed by atoms with E-state index in [0.29, 0.717) is 22.0 Å². The maximum absolute atomic E-state index is 12.3. The van der Waals surface area contributed by atoms with Crippen molar-refractivity contribution in [1.82, 2.24) is 9.97 Å². The molecule has 4 nitrogen and oxygen atoms in total. The first-order valence-corrected chi connectivity index (χ1v) is 8.46. The quantitative estimate of drug-likeness (QED) is 0.546. The molecule has 1 amide bonds. The van der Waals surface area contributed by atoms with Gasteiger partial charge in [0.1, 0.15) is 0 Å². The van der Waals surface area contributed by atoms with Crippen molar-refractivity contribution in [1.29, 1.82) is 0 Å². The van der Waals surface area contributed by atoms with Gasteiger partial charge < -0.3 is 5.32 Å². The van der Waals surface area contributed by atoms with Gasteiger partial charge >= 0.3 is 0 Å². The van der Waals surface area contributed by atoms with E-state index in [0.717, 1.165) is 16.6 Å². The van der Waals surface area contributed by atoms with Gasteiger partial charge in [0.25, 0.3) is 5.91 Å². The second-order valence-electron chi connectivity index (χ2n) is 5.76. The third-order valence-corrected chi connectivity index (χ3v) is 4.31. The third-order valence-electron chi connectivity index (χ3n) is 3.98. The summed E-state index contributed by atoms with van der Waals surface area (Å²) in [6, 6.07) is 22.0. The lowest BCUT2D eigenvalue weighted by Crippen LogP contribution is -2.11. The fourth-order valence-corrected chi connectivity index (χ4v) is 2.89. The minimum absolute atomic E-state index is 0.177. The first-order valence-electron chi connectivity index (χ1n) is 8.09. The first-order chi connectivity index (χ1) is 12.7. The number of anilines is 1. The number of carbonyl (C=O) groups is 1. The van der Waals surface area contributed by atoms with Gasteiger partial charge in [0.15, 0.2) is 0 Å². The molecule has 1 aromatic heterocycles. The molecule has 0 unspecified atom stereocenters. The summed E-state index contributed by atoms with van der Waals surface area (Å²) in [5.41, 5.74) is 4.23. The lowest BCUT2D eigenvalue weighted by atomic mass is 10.1. The van der Waals surface area contributed by atoms with Crippen LogP contribution in [0, 0.1) is 0 Å². The van der Waals surface area contributed by atoms with Gasteiger partial charge in [-0.2, -0.15) is 0 Å². The second-order valence-corrected chi connectivity index (χ2v) is 6.17. The number of para-hydroxylation sites is 2. The smallest absolute Gasteiger partial charge is 0.255 e. The van der Waals surface area contributed by atoms with Gasteiger partial charge in [-0.25, -0.2) is 4.98 Å². The molecule has 0 aliphatic rings. The number of nitrogens with zero attached hydrogens (tertiary/aromatic N) is 2. The van der Waals surface area contributed by atoms with Crippen molar-refractivity contribution in [3.8, 4) is 11.3 Å². The van der Waals surface area contributed by atoms with Gasteiger partial charge in [0.05, 0.1) is 27.9 Å². The number of carbonyl (C=O) groups excluding carboxylic acids is 1. The minimum atomic E-state index is -0.177. The molecule has 0 bridgehead atoms. The largest absolute Gasteiger partial charge is 0.322 e. The van der Waals surface area contributed by atoms with Crippen LogP contribution in [0.3, 0.4) is 0 Å². The van der Waals surface area contributed by atoms with Crippen LogP contribution in [0.25, 0.3) is 22.3 Å². The maximum Gasteiger partial charge on any atom is 0.255 e. The zero-order valence-corrected chi connectivity index (χ0v) is 14.4. The highest BCUT2D eigenvalue weighted by molar-refractivity contribution is 6.33. The van der Waals surface area contributed by atoms with Gasteiger partial charge in [0, 0.05) is 16.8 Å². The Balaban J connectivity index is 1.68. The van der Waals surface area contributed by atoms with Crippen molar-refractivity contribution in [2.24, 2.45) is 0 Å². The van der Waals surface area contributed by atoms with E-state index in [-0.39, 0.29) is 5.91 Å². The second kappa shape index (κ2) is 6.94. The molecule has 0 fully saturated rings. The highest BCUT2D eigenvalue weighted by atomic mass is 35.5. The third kappa shape index (κ3) is 3.27. The van der Waals surface area contributed by atoms with Crippen molar-refractivity contribution >= 4 is 34.2 Å². The Hall–Kier alpha value is -3.24. The van der Waals surface area contributed by atoms with Crippen molar-refractivity contribution in [3.05, 3.63) is 89.6 Å². The van der Waals surface area contributed by atoms with Crippen molar-refractivity contribution in [2.75, 3.05) is 5.32 Å². The molecule has 5 heteroatoms. The lowest BCUT2D eigenvalue weighted by molar-refractivity contribution is 0.102. The first kappa shape index (κ1) is 16.2. The number of aromatic nitrogens is 2. The summed E-state index contributed by atoms with van der Waals surface area (Å²) < 4.78 is 0. The van der Waals surface area contributed by atoms with E-state index in [1.54, 1.807) is 30.5 Å². The molecular weight excluding hydrogens is 346 g/mol. The number of halogens is 1. The minimum Gasteiger partial charge on any atom is -0.322 e. The standard InChI is InChI=1S/C21H14ClN3O/c22-17-11-10-15(24-21(26)14-6-2-1-3-7-14)12-16(17)20-13-23-18-8-4-5-9-19(18)25-20/h1-13H,(H,24,26). The fourth-order valence-electron chi connectivity index (χ4n) is 2.68. The van der Waals surface area contributed by atoms with Gasteiger partial charge in [-0.05, 0) is 42.5 Å². The summed E-state index contributed by atoms with van der Waals surface area (Å²) in [6.45, 7) is 0. The van der Waals surface area contributed by atoms with Crippen LogP contribution in [0.1, 0.15) is 10.4 Å². The SMILES string of the molecule is O=C(Nc1ccc(Cl)c(-c2cnc3ccccc3n2)c1)c1ccccc1. The molecule has 3 aromatic carbocycles. The Bertz CT molecular complexity index is 1100. The monoisotopic (exact) mass is 359 g/mol. The predicted molar refractivity (Wildman–Crippen MR) is 104 cm³/mol. The molecule has 126 valence electrons. The Morgan fingerprint density at radius 1 is 0.885 bits per heavy atom. The van der Waals surface area contributed by atoms with Crippen LogP contribution in [0.5, 0.6) is 0 Å². The summed E-state index contributed by atoms with van der Waals surface area (Å²) in [5.74, 6) is -0.177. The number of benzene rings is 3. The van der Waals surface area contributed by atoms with Crippen molar-refractivity contribution < 1.29 is 4.79 Å². The van der Waals surface area contributed by atoms with Crippen LogP contribution in [-0.4, -0.2) is 15.9 Å². The summed E-state index contributed by atoms with van der Waals surface area (Å²) >= 11 is 6.35. The molecule has 26 heavy (non-hydrogen) atoms. The Labute approximate surface area is 155 Å². The van der Waals surface area contributed by atoms with Gasteiger partial charge in [-0.1, -0.05) is 41.9 Å². The van der Waals surface area contributed by atoms with E-state index in [9.17, 15) is 4.79 Å². The molecule has 0 spiro atoms. The van der Waals surface area contributed by atoms with Crippen molar-refractivity contribution in [3.63, 3.8) is 0 Å². The molecule has 0 atom stereocenters. The van der Waals surface area contributed by atoms with Crippen LogP contribution in [0.15, 0.2) is 79.0 Å². The van der Waals surface area contributed by atoms with Crippen LogP contribution >= 0.6 is 11.6 Å². The average molecular weight is 360 g/mol. The normalized spacial score (nSPS) is 10.7. The van der Waals surface area contributed by atoms with Gasteiger partial charge in [-0.15, -0.1) is 0 Å². The molecule has 0 radical (unpaired) electrons. The zero-order valence-electron chi connectivity index (χ0n) is 13.7. The molecule has 0 aliphatic carbocycles. The van der Waals surface area contributed by atoms with Gasteiger partial charge in [-0.3, -0.25) is 9.78 Å². The van der Waals surface area contributed by atoms with Crippen molar-refractivity contribution in [2.45, 2.75) is 0 Å². The average Bonchev–Trinajstić information content (AvgIpc) is 2.69.